The fourth-order valence-corrected chi connectivity index (χ4v) is 3.85. The van der Waals surface area contributed by atoms with Crippen LogP contribution < -0.4 is 0 Å². The van der Waals surface area contributed by atoms with Gasteiger partial charge in [0.05, 0.1) is 13.2 Å². The number of hydrogen-bond donors (Lipinski definition) is 1. The highest BCUT2D eigenvalue weighted by molar-refractivity contribution is 5.86. The Morgan fingerprint density at radius 3 is 2.62 bits per heavy atom. The van der Waals surface area contributed by atoms with Gasteiger partial charge in [-0.25, -0.2) is 4.98 Å². The number of aromatic nitrogens is 2. The van der Waals surface area contributed by atoms with E-state index >= 15 is 0 Å². The summed E-state index contributed by atoms with van der Waals surface area (Å²) in [6, 6.07) is 0. The number of aliphatic hydroxyl groups is 1. The van der Waals surface area contributed by atoms with Crippen LogP contribution in [0.1, 0.15) is 18.7 Å². The molecule has 26 heavy (non-hydrogen) atoms. The van der Waals surface area contributed by atoms with Gasteiger partial charge >= 0.3 is 0 Å². The van der Waals surface area contributed by atoms with Gasteiger partial charge in [-0.3, -0.25) is 14.6 Å². The summed E-state index contributed by atoms with van der Waals surface area (Å²) in [5, 5.41) is 11.0. The fourth-order valence-electron chi connectivity index (χ4n) is 3.85. The van der Waals surface area contributed by atoms with Crippen LogP contribution in [0.25, 0.3) is 0 Å². The molecular formula is C18H31N5O3. The van der Waals surface area contributed by atoms with Crippen molar-refractivity contribution >= 4 is 5.91 Å². The largest absolute Gasteiger partial charge is 0.383 e. The van der Waals surface area contributed by atoms with E-state index < -0.39 is 5.60 Å². The van der Waals surface area contributed by atoms with Gasteiger partial charge in [-0.1, -0.05) is 0 Å². The normalized spacial score (nSPS) is 25.8. The highest BCUT2D eigenvalue weighted by Gasteiger charge is 2.43. The number of amides is 1. The average Bonchev–Trinajstić information content (AvgIpc) is 3.03. The third-order valence-electron chi connectivity index (χ3n) is 5.51. The molecule has 0 radical (unpaired) electrons. The van der Waals surface area contributed by atoms with Gasteiger partial charge in [0.25, 0.3) is 5.91 Å². The topological polar surface area (TPSA) is 74.1 Å². The monoisotopic (exact) mass is 365 g/mol. The smallest absolute Gasteiger partial charge is 0.255 e. The summed E-state index contributed by atoms with van der Waals surface area (Å²) >= 11 is 0. The summed E-state index contributed by atoms with van der Waals surface area (Å²) in [4.78, 5) is 23.4. The second kappa shape index (κ2) is 8.47. The van der Waals surface area contributed by atoms with E-state index in [4.69, 9.17) is 4.74 Å². The summed E-state index contributed by atoms with van der Waals surface area (Å²) < 4.78 is 7.12. The second-order valence-corrected chi connectivity index (χ2v) is 7.43. The molecule has 2 fully saturated rings. The minimum absolute atomic E-state index is 0.142. The summed E-state index contributed by atoms with van der Waals surface area (Å²) in [5.74, 6) is 0.921. The van der Waals surface area contributed by atoms with Gasteiger partial charge in [-0.2, -0.15) is 0 Å². The predicted molar refractivity (Wildman–Crippen MR) is 97.6 cm³/mol. The maximum Gasteiger partial charge on any atom is 0.255 e. The number of piperidine rings is 1. The van der Waals surface area contributed by atoms with Crippen molar-refractivity contribution in [2.75, 3.05) is 59.5 Å². The van der Waals surface area contributed by atoms with Gasteiger partial charge in [0.1, 0.15) is 5.82 Å². The molecular weight excluding hydrogens is 334 g/mol. The van der Waals surface area contributed by atoms with Crippen molar-refractivity contribution in [3.63, 3.8) is 0 Å². The molecule has 0 spiro atoms. The van der Waals surface area contributed by atoms with Crippen molar-refractivity contribution in [3.8, 4) is 0 Å². The van der Waals surface area contributed by atoms with Gasteiger partial charge in [0.2, 0.25) is 0 Å². The number of methoxy groups -OCH3 is 1. The Labute approximate surface area is 155 Å². The number of nitrogens with zero attached hydrogens (tertiary/aromatic N) is 5. The first-order valence-electron chi connectivity index (χ1n) is 9.43. The summed E-state index contributed by atoms with van der Waals surface area (Å²) in [7, 11) is 3.64. The number of piperazine rings is 1. The van der Waals surface area contributed by atoms with E-state index in [0.29, 0.717) is 32.7 Å². The lowest BCUT2D eigenvalue weighted by molar-refractivity contribution is -0.160. The van der Waals surface area contributed by atoms with Crippen molar-refractivity contribution in [1.82, 2.24) is 24.3 Å². The first kappa shape index (κ1) is 19.3. The maximum atomic E-state index is 12.7. The maximum absolute atomic E-state index is 12.7. The molecule has 2 saturated heterocycles. The standard InChI is InChI=1S/C18H31N5O3/c1-20-7-5-19-16(20)14-21-8-10-22(11-9-21)15-18(25)4-3-6-23(17(18)24)12-13-26-2/h5,7,25H,3-4,6,8-15H2,1-2H3/t18-/m0/s1. The summed E-state index contributed by atoms with van der Waals surface area (Å²) in [5.41, 5.74) is -1.26. The summed E-state index contributed by atoms with van der Waals surface area (Å²) in [6.45, 7) is 6.59. The van der Waals surface area contributed by atoms with Crippen molar-refractivity contribution in [2.45, 2.75) is 25.0 Å². The molecule has 0 bridgehead atoms. The molecule has 1 N–H and O–H groups in total. The molecule has 2 aliphatic rings. The predicted octanol–water partition coefficient (Wildman–Crippen LogP) is -0.462. The Morgan fingerprint density at radius 2 is 1.96 bits per heavy atom. The van der Waals surface area contributed by atoms with Crippen LogP contribution in [-0.4, -0.2) is 100 Å². The fraction of sp³-hybridized carbons (Fsp3) is 0.778. The van der Waals surface area contributed by atoms with Crippen LogP contribution in [0.3, 0.4) is 0 Å². The quantitative estimate of drug-likeness (QED) is 0.705. The first-order valence-corrected chi connectivity index (χ1v) is 9.43. The van der Waals surface area contributed by atoms with Crippen LogP contribution in [0.15, 0.2) is 12.4 Å². The Bertz CT molecular complexity index is 599. The van der Waals surface area contributed by atoms with Gasteiger partial charge in [-0.15, -0.1) is 0 Å². The van der Waals surface area contributed by atoms with E-state index in [1.165, 1.54) is 0 Å². The third-order valence-corrected chi connectivity index (χ3v) is 5.51. The average molecular weight is 365 g/mol. The van der Waals surface area contributed by atoms with Crippen LogP contribution >= 0.6 is 0 Å². The molecule has 1 aromatic rings. The number of carbonyl (C=O) groups is 1. The minimum Gasteiger partial charge on any atom is -0.383 e. The number of likely N-dealkylation sites (tertiary alicyclic amines) is 1. The number of β-amino-alcohol motifs (C(OH)–C–C–N with tert-alkyl or cyclic N) is 1. The van der Waals surface area contributed by atoms with E-state index in [0.717, 1.165) is 45.0 Å². The number of aryl methyl sites for hydroxylation is 1. The lowest BCUT2D eigenvalue weighted by Crippen LogP contribution is -2.60. The highest BCUT2D eigenvalue weighted by Crippen LogP contribution is 2.24. The number of imidazole rings is 1. The van der Waals surface area contributed by atoms with Crippen LogP contribution in [0.4, 0.5) is 0 Å². The Morgan fingerprint density at radius 1 is 1.23 bits per heavy atom. The minimum atomic E-state index is -1.26. The van der Waals surface area contributed by atoms with E-state index in [1.54, 1.807) is 12.0 Å². The van der Waals surface area contributed by atoms with Gasteiger partial charge in [0, 0.05) is 72.4 Å². The lowest BCUT2D eigenvalue weighted by Gasteiger charge is -2.43. The van der Waals surface area contributed by atoms with E-state index in [-0.39, 0.29) is 5.91 Å². The molecule has 0 aromatic carbocycles. The zero-order chi connectivity index (χ0) is 18.6. The molecule has 3 rings (SSSR count). The van der Waals surface area contributed by atoms with Crippen molar-refractivity contribution < 1.29 is 14.6 Å². The second-order valence-electron chi connectivity index (χ2n) is 7.43. The van der Waals surface area contributed by atoms with Gasteiger partial charge in [0.15, 0.2) is 5.60 Å². The molecule has 1 aromatic heterocycles. The zero-order valence-electron chi connectivity index (χ0n) is 15.9. The molecule has 0 unspecified atom stereocenters. The van der Waals surface area contributed by atoms with E-state index in [2.05, 4.69) is 14.8 Å². The molecule has 0 saturated carbocycles. The zero-order valence-corrected chi connectivity index (χ0v) is 15.9. The number of carbonyl (C=O) groups excluding carboxylic acids is 1. The Balaban J connectivity index is 1.50. The number of hydrogen-bond acceptors (Lipinski definition) is 6. The molecule has 8 nitrogen and oxygen atoms in total. The van der Waals surface area contributed by atoms with Gasteiger partial charge in [-0.05, 0) is 12.8 Å². The van der Waals surface area contributed by atoms with Crippen LogP contribution in [-0.2, 0) is 23.1 Å². The van der Waals surface area contributed by atoms with Crippen molar-refractivity contribution in [2.24, 2.45) is 7.05 Å². The number of rotatable bonds is 7. The third kappa shape index (κ3) is 4.43. The lowest BCUT2D eigenvalue weighted by atomic mass is 9.91. The molecule has 1 atom stereocenters. The first-order chi connectivity index (χ1) is 12.5. The molecule has 1 amide bonds. The van der Waals surface area contributed by atoms with Crippen LogP contribution in [0.5, 0.6) is 0 Å². The van der Waals surface area contributed by atoms with Crippen molar-refractivity contribution in [3.05, 3.63) is 18.2 Å². The SMILES string of the molecule is COCCN1CCC[C@](O)(CN2CCN(Cc3nccn3C)CC2)C1=O. The molecule has 0 aliphatic carbocycles. The van der Waals surface area contributed by atoms with E-state index in [9.17, 15) is 9.90 Å². The van der Waals surface area contributed by atoms with E-state index in [1.807, 2.05) is 24.0 Å². The Hall–Kier alpha value is -1.48. The molecule has 146 valence electrons. The Kier molecular flexibility index (Phi) is 6.29. The van der Waals surface area contributed by atoms with Crippen molar-refractivity contribution in [1.29, 1.82) is 0 Å². The summed E-state index contributed by atoms with van der Waals surface area (Å²) in [6.07, 6.45) is 5.17. The van der Waals surface area contributed by atoms with Crippen LogP contribution in [0.2, 0.25) is 0 Å². The molecule has 2 aliphatic heterocycles. The molecule has 8 heteroatoms. The molecule has 3 heterocycles. The van der Waals surface area contributed by atoms with Gasteiger partial charge < -0.3 is 19.3 Å². The highest BCUT2D eigenvalue weighted by atomic mass is 16.5. The number of ether oxygens (including phenoxy) is 1. The van der Waals surface area contributed by atoms with Crippen LogP contribution in [0, 0.1) is 0 Å².